The minimum absolute atomic E-state index is 0.201. The lowest BCUT2D eigenvalue weighted by molar-refractivity contribution is 0.439. The van der Waals surface area contributed by atoms with Crippen molar-refractivity contribution in [3.05, 3.63) is 21.6 Å². The molecule has 2 atom stereocenters. The zero-order valence-corrected chi connectivity index (χ0v) is 12.4. The molecule has 0 radical (unpaired) electrons. The second kappa shape index (κ2) is 6.42. The van der Waals surface area contributed by atoms with Crippen LogP contribution in [0.5, 0.6) is 0 Å². The highest BCUT2D eigenvalue weighted by molar-refractivity contribution is 6.32. The van der Waals surface area contributed by atoms with Crippen molar-refractivity contribution in [3.8, 4) is 0 Å². The van der Waals surface area contributed by atoms with Crippen LogP contribution < -0.4 is 10.9 Å². The first-order chi connectivity index (χ1) is 9.13. The Labute approximate surface area is 119 Å². The van der Waals surface area contributed by atoms with Gasteiger partial charge in [0.2, 0.25) is 0 Å². The van der Waals surface area contributed by atoms with Crippen molar-refractivity contribution in [2.45, 2.75) is 46.1 Å². The van der Waals surface area contributed by atoms with Crippen LogP contribution >= 0.6 is 11.6 Å². The zero-order valence-electron chi connectivity index (χ0n) is 11.7. The van der Waals surface area contributed by atoms with Gasteiger partial charge in [-0.15, -0.1) is 0 Å². The Balaban J connectivity index is 2.04. The Morgan fingerprint density at radius 1 is 1.53 bits per heavy atom. The molecule has 1 heterocycles. The molecular formula is C14H22ClN3O. The highest BCUT2D eigenvalue weighted by Gasteiger charge is 2.23. The fraction of sp³-hybridized carbons (Fsp3) is 0.714. The minimum atomic E-state index is -0.201. The summed E-state index contributed by atoms with van der Waals surface area (Å²) in [6, 6.07) is 0. The summed E-state index contributed by atoms with van der Waals surface area (Å²) in [6.07, 6.45) is 6.40. The maximum absolute atomic E-state index is 12.0. The summed E-state index contributed by atoms with van der Waals surface area (Å²) in [4.78, 5) is 12.0. The predicted octanol–water partition coefficient (Wildman–Crippen LogP) is 3.15. The van der Waals surface area contributed by atoms with Crippen molar-refractivity contribution in [2.75, 3.05) is 11.9 Å². The van der Waals surface area contributed by atoms with E-state index in [1.54, 1.807) is 6.20 Å². The number of aromatic nitrogens is 2. The number of anilines is 1. The standard InChI is InChI=1S/C14H22ClN3O/c1-3-7-18-14(19)13(15)12(9-17-18)16-8-11-6-4-5-10(11)2/h9-11,16H,3-8H2,1-2H3. The first-order valence-electron chi connectivity index (χ1n) is 7.13. The molecule has 0 amide bonds. The summed E-state index contributed by atoms with van der Waals surface area (Å²) >= 11 is 6.12. The Bertz CT molecular complexity index is 486. The molecule has 0 aliphatic heterocycles. The molecule has 19 heavy (non-hydrogen) atoms. The SMILES string of the molecule is CCCn1ncc(NCC2CCCC2C)c(Cl)c1=O. The molecule has 1 aromatic heterocycles. The van der Waals surface area contributed by atoms with Gasteiger partial charge in [-0.1, -0.05) is 38.3 Å². The van der Waals surface area contributed by atoms with Gasteiger partial charge in [0.05, 0.1) is 11.9 Å². The number of hydrogen-bond donors (Lipinski definition) is 1. The van der Waals surface area contributed by atoms with Gasteiger partial charge in [0.25, 0.3) is 5.56 Å². The topological polar surface area (TPSA) is 46.9 Å². The van der Waals surface area contributed by atoms with Gasteiger partial charge in [-0.25, -0.2) is 4.68 Å². The van der Waals surface area contributed by atoms with E-state index in [1.807, 2.05) is 6.92 Å². The van der Waals surface area contributed by atoms with Gasteiger partial charge in [-0.2, -0.15) is 5.10 Å². The number of nitrogens with zero attached hydrogens (tertiary/aromatic N) is 2. The van der Waals surface area contributed by atoms with E-state index in [9.17, 15) is 4.79 Å². The fourth-order valence-electron chi connectivity index (χ4n) is 2.73. The molecule has 1 aliphatic rings. The van der Waals surface area contributed by atoms with E-state index in [0.29, 0.717) is 18.2 Å². The number of nitrogens with one attached hydrogen (secondary N) is 1. The highest BCUT2D eigenvalue weighted by Crippen LogP contribution is 2.31. The minimum Gasteiger partial charge on any atom is -0.382 e. The lowest BCUT2D eigenvalue weighted by atomic mass is 9.98. The average Bonchev–Trinajstić information content (AvgIpc) is 2.80. The Morgan fingerprint density at radius 2 is 2.32 bits per heavy atom. The van der Waals surface area contributed by atoms with Crippen LogP contribution in [0.2, 0.25) is 5.02 Å². The van der Waals surface area contributed by atoms with Crippen molar-refractivity contribution in [1.82, 2.24) is 9.78 Å². The largest absolute Gasteiger partial charge is 0.382 e. The van der Waals surface area contributed by atoms with Gasteiger partial charge >= 0.3 is 0 Å². The molecule has 0 spiro atoms. The summed E-state index contributed by atoms with van der Waals surface area (Å²) in [5.74, 6) is 1.42. The fourth-order valence-corrected chi connectivity index (χ4v) is 2.94. The summed E-state index contributed by atoms with van der Waals surface area (Å²) < 4.78 is 1.42. The molecule has 2 rings (SSSR count). The third-order valence-electron chi connectivity index (χ3n) is 4.01. The summed E-state index contributed by atoms with van der Waals surface area (Å²) in [5, 5.41) is 7.70. The molecule has 1 aromatic rings. The maximum atomic E-state index is 12.0. The van der Waals surface area contributed by atoms with Gasteiger partial charge in [-0.05, 0) is 24.7 Å². The monoisotopic (exact) mass is 283 g/mol. The third-order valence-corrected chi connectivity index (χ3v) is 4.38. The Kier molecular flexibility index (Phi) is 4.86. The van der Waals surface area contributed by atoms with Gasteiger partial charge in [0, 0.05) is 13.1 Å². The van der Waals surface area contributed by atoms with E-state index in [-0.39, 0.29) is 10.6 Å². The van der Waals surface area contributed by atoms with Crippen LogP contribution in [0.3, 0.4) is 0 Å². The van der Waals surface area contributed by atoms with Gasteiger partial charge < -0.3 is 5.32 Å². The number of aryl methyl sites for hydroxylation is 1. The second-order valence-corrected chi connectivity index (χ2v) is 5.83. The second-order valence-electron chi connectivity index (χ2n) is 5.45. The van der Waals surface area contributed by atoms with Crippen LogP contribution in [0, 0.1) is 11.8 Å². The summed E-state index contributed by atoms with van der Waals surface area (Å²) in [5.41, 5.74) is 0.464. The normalized spacial score (nSPS) is 22.7. The van der Waals surface area contributed by atoms with Crippen LogP contribution in [0.1, 0.15) is 39.5 Å². The zero-order chi connectivity index (χ0) is 13.8. The van der Waals surface area contributed by atoms with E-state index in [1.165, 1.54) is 23.9 Å². The average molecular weight is 284 g/mol. The van der Waals surface area contributed by atoms with Crippen LogP contribution in [0.15, 0.2) is 11.0 Å². The van der Waals surface area contributed by atoms with Gasteiger partial charge in [0.1, 0.15) is 5.02 Å². The Morgan fingerprint density at radius 3 is 2.95 bits per heavy atom. The lowest BCUT2D eigenvalue weighted by Crippen LogP contribution is -2.25. The number of halogens is 1. The van der Waals surface area contributed by atoms with Crippen molar-refractivity contribution in [3.63, 3.8) is 0 Å². The van der Waals surface area contributed by atoms with Crippen molar-refractivity contribution >= 4 is 17.3 Å². The molecule has 4 nitrogen and oxygen atoms in total. The molecule has 0 saturated heterocycles. The first kappa shape index (κ1) is 14.4. The predicted molar refractivity (Wildman–Crippen MR) is 78.8 cm³/mol. The van der Waals surface area contributed by atoms with Crippen LogP contribution in [-0.4, -0.2) is 16.3 Å². The molecule has 5 heteroatoms. The van der Waals surface area contributed by atoms with E-state index in [2.05, 4.69) is 17.3 Å². The molecule has 106 valence electrons. The molecule has 1 saturated carbocycles. The molecule has 0 aromatic carbocycles. The lowest BCUT2D eigenvalue weighted by Gasteiger charge is -2.17. The van der Waals surface area contributed by atoms with Gasteiger partial charge in [0.15, 0.2) is 0 Å². The van der Waals surface area contributed by atoms with Crippen LogP contribution in [0.4, 0.5) is 5.69 Å². The number of hydrogen-bond acceptors (Lipinski definition) is 3. The molecular weight excluding hydrogens is 262 g/mol. The molecule has 1 fully saturated rings. The molecule has 1 N–H and O–H groups in total. The van der Waals surface area contributed by atoms with Crippen LogP contribution in [0.25, 0.3) is 0 Å². The quantitative estimate of drug-likeness (QED) is 0.903. The maximum Gasteiger partial charge on any atom is 0.287 e. The van der Waals surface area contributed by atoms with E-state index < -0.39 is 0 Å². The van der Waals surface area contributed by atoms with E-state index in [0.717, 1.165) is 18.9 Å². The summed E-state index contributed by atoms with van der Waals surface area (Å²) in [6.45, 7) is 5.78. The van der Waals surface area contributed by atoms with E-state index >= 15 is 0 Å². The van der Waals surface area contributed by atoms with Crippen molar-refractivity contribution < 1.29 is 0 Å². The Hall–Kier alpha value is -1.03. The molecule has 1 aliphatic carbocycles. The first-order valence-corrected chi connectivity index (χ1v) is 7.50. The highest BCUT2D eigenvalue weighted by atomic mass is 35.5. The molecule has 2 unspecified atom stereocenters. The van der Waals surface area contributed by atoms with E-state index in [4.69, 9.17) is 11.6 Å². The van der Waals surface area contributed by atoms with Crippen molar-refractivity contribution in [1.29, 1.82) is 0 Å². The van der Waals surface area contributed by atoms with Gasteiger partial charge in [-0.3, -0.25) is 4.79 Å². The van der Waals surface area contributed by atoms with Crippen LogP contribution in [-0.2, 0) is 6.54 Å². The number of rotatable bonds is 5. The third kappa shape index (κ3) is 3.30. The van der Waals surface area contributed by atoms with Crippen molar-refractivity contribution in [2.24, 2.45) is 11.8 Å². The summed E-state index contributed by atoms with van der Waals surface area (Å²) in [7, 11) is 0. The smallest absolute Gasteiger partial charge is 0.287 e. The molecule has 0 bridgehead atoms.